The number of carbonyl (C=O) groups is 1. The molecular formula is C18H28N2O. The van der Waals surface area contributed by atoms with Crippen LogP contribution >= 0.6 is 0 Å². The van der Waals surface area contributed by atoms with E-state index in [4.69, 9.17) is 0 Å². The monoisotopic (exact) mass is 288 g/mol. The van der Waals surface area contributed by atoms with E-state index in [1.54, 1.807) is 0 Å². The van der Waals surface area contributed by atoms with Crippen LogP contribution in [0.1, 0.15) is 49.0 Å². The minimum atomic E-state index is 0.0159. The van der Waals surface area contributed by atoms with Gasteiger partial charge in [-0.2, -0.15) is 0 Å². The fourth-order valence-corrected chi connectivity index (χ4v) is 3.37. The van der Waals surface area contributed by atoms with Crippen molar-refractivity contribution in [2.24, 2.45) is 11.8 Å². The zero-order valence-corrected chi connectivity index (χ0v) is 13.5. The molecule has 0 aromatic heterocycles. The van der Waals surface area contributed by atoms with Gasteiger partial charge in [-0.1, -0.05) is 31.5 Å². The van der Waals surface area contributed by atoms with Crippen LogP contribution < -0.4 is 10.6 Å². The first-order valence-electron chi connectivity index (χ1n) is 8.13. The average molecular weight is 288 g/mol. The van der Waals surface area contributed by atoms with Gasteiger partial charge in [-0.15, -0.1) is 0 Å². The molecule has 1 aromatic rings. The molecule has 1 aliphatic carbocycles. The number of benzene rings is 1. The predicted molar refractivity (Wildman–Crippen MR) is 87.5 cm³/mol. The van der Waals surface area contributed by atoms with Crippen LogP contribution in [0.2, 0.25) is 0 Å². The molecule has 0 radical (unpaired) electrons. The van der Waals surface area contributed by atoms with Crippen molar-refractivity contribution in [1.82, 2.24) is 10.6 Å². The van der Waals surface area contributed by atoms with Crippen molar-refractivity contribution in [3.05, 3.63) is 35.4 Å². The van der Waals surface area contributed by atoms with Crippen LogP contribution in [-0.2, 0) is 0 Å². The summed E-state index contributed by atoms with van der Waals surface area (Å²) in [5.74, 6) is 1.64. The van der Waals surface area contributed by atoms with E-state index >= 15 is 0 Å². The molecule has 1 aromatic carbocycles. The third kappa shape index (κ3) is 5.16. The Hall–Kier alpha value is -1.35. The van der Waals surface area contributed by atoms with Crippen molar-refractivity contribution in [3.63, 3.8) is 0 Å². The van der Waals surface area contributed by atoms with Crippen molar-refractivity contribution in [2.45, 2.75) is 46.1 Å². The van der Waals surface area contributed by atoms with Gasteiger partial charge in [-0.25, -0.2) is 0 Å². The van der Waals surface area contributed by atoms with Gasteiger partial charge in [-0.05, 0) is 50.2 Å². The Bertz CT molecular complexity index is 445. The summed E-state index contributed by atoms with van der Waals surface area (Å²) >= 11 is 0. The lowest BCUT2D eigenvalue weighted by atomic mass is 9.80. The maximum absolute atomic E-state index is 12.0. The lowest BCUT2D eigenvalue weighted by molar-refractivity contribution is 0.0953. The van der Waals surface area contributed by atoms with E-state index in [-0.39, 0.29) is 5.91 Å². The van der Waals surface area contributed by atoms with E-state index in [0.29, 0.717) is 12.6 Å². The summed E-state index contributed by atoms with van der Waals surface area (Å²) in [5, 5.41) is 6.56. The quantitative estimate of drug-likeness (QED) is 0.817. The van der Waals surface area contributed by atoms with Gasteiger partial charge in [0, 0.05) is 24.7 Å². The van der Waals surface area contributed by atoms with Crippen molar-refractivity contribution in [1.29, 1.82) is 0 Å². The Kier molecular flexibility index (Phi) is 5.80. The average Bonchev–Trinajstić information content (AvgIpc) is 2.43. The van der Waals surface area contributed by atoms with Crippen molar-refractivity contribution >= 4 is 5.91 Å². The number of hydrogen-bond acceptors (Lipinski definition) is 2. The van der Waals surface area contributed by atoms with Crippen LogP contribution in [0.25, 0.3) is 0 Å². The summed E-state index contributed by atoms with van der Waals surface area (Å²) in [6.07, 6.45) is 3.87. The van der Waals surface area contributed by atoms with E-state index in [1.165, 1.54) is 24.8 Å². The molecule has 3 heteroatoms. The van der Waals surface area contributed by atoms with E-state index in [9.17, 15) is 4.79 Å². The summed E-state index contributed by atoms with van der Waals surface area (Å²) in [6, 6.07) is 8.31. The maximum atomic E-state index is 12.0. The highest BCUT2D eigenvalue weighted by atomic mass is 16.1. The molecule has 116 valence electrons. The van der Waals surface area contributed by atoms with Gasteiger partial charge in [0.2, 0.25) is 0 Å². The molecule has 0 heterocycles. The first kappa shape index (κ1) is 16.0. The van der Waals surface area contributed by atoms with Gasteiger partial charge in [0.25, 0.3) is 5.91 Å². The van der Waals surface area contributed by atoms with E-state index < -0.39 is 0 Å². The van der Waals surface area contributed by atoms with Crippen LogP contribution in [0.3, 0.4) is 0 Å². The molecule has 21 heavy (non-hydrogen) atoms. The Morgan fingerprint density at radius 3 is 2.29 bits per heavy atom. The minimum Gasteiger partial charge on any atom is -0.351 e. The lowest BCUT2D eigenvalue weighted by Gasteiger charge is -2.32. The van der Waals surface area contributed by atoms with Gasteiger partial charge < -0.3 is 10.6 Å². The molecule has 2 unspecified atom stereocenters. The summed E-state index contributed by atoms with van der Waals surface area (Å²) in [5.41, 5.74) is 1.91. The highest BCUT2D eigenvalue weighted by Gasteiger charge is 2.23. The van der Waals surface area contributed by atoms with Crippen LogP contribution in [-0.4, -0.2) is 25.0 Å². The summed E-state index contributed by atoms with van der Waals surface area (Å²) in [4.78, 5) is 12.0. The summed E-state index contributed by atoms with van der Waals surface area (Å²) < 4.78 is 0. The molecule has 0 bridgehead atoms. The molecule has 1 saturated carbocycles. The molecular weight excluding hydrogens is 260 g/mol. The molecule has 0 aliphatic heterocycles. The second kappa shape index (κ2) is 7.60. The Labute approximate surface area is 128 Å². The number of nitrogens with one attached hydrogen (secondary N) is 2. The first-order chi connectivity index (χ1) is 10.0. The first-order valence-corrected chi connectivity index (χ1v) is 8.13. The molecule has 2 atom stereocenters. The van der Waals surface area contributed by atoms with Crippen molar-refractivity contribution in [2.75, 3.05) is 13.1 Å². The van der Waals surface area contributed by atoms with Crippen LogP contribution in [0.15, 0.2) is 24.3 Å². The molecule has 3 nitrogen and oxygen atoms in total. The van der Waals surface area contributed by atoms with E-state index in [1.807, 2.05) is 31.2 Å². The predicted octanol–water partition coefficient (Wildman–Crippen LogP) is 3.14. The summed E-state index contributed by atoms with van der Waals surface area (Å²) in [7, 11) is 0. The third-order valence-electron chi connectivity index (χ3n) is 4.34. The van der Waals surface area contributed by atoms with Crippen LogP contribution in [0.5, 0.6) is 0 Å². The third-order valence-corrected chi connectivity index (χ3v) is 4.34. The van der Waals surface area contributed by atoms with Gasteiger partial charge in [-0.3, -0.25) is 4.79 Å². The molecule has 1 aliphatic rings. The van der Waals surface area contributed by atoms with Gasteiger partial charge in [0.05, 0.1) is 0 Å². The SMILES string of the molecule is Cc1ccc(C(=O)NCCNC2CC(C)CC(C)C2)cc1. The second-order valence-corrected chi connectivity index (χ2v) is 6.69. The maximum Gasteiger partial charge on any atom is 0.251 e. The topological polar surface area (TPSA) is 41.1 Å². The molecule has 0 spiro atoms. The molecule has 0 saturated heterocycles. The van der Waals surface area contributed by atoms with Crippen molar-refractivity contribution in [3.8, 4) is 0 Å². The largest absolute Gasteiger partial charge is 0.351 e. The van der Waals surface area contributed by atoms with E-state index in [0.717, 1.165) is 23.9 Å². The fourth-order valence-electron chi connectivity index (χ4n) is 3.37. The van der Waals surface area contributed by atoms with Crippen LogP contribution in [0, 0.1) is 18.8 Å². The number of aryl methyl sites for hydroxylation is 1. The number of rotatable bonds is 5. The summed E-state index contributed by atoms with van der Waals surface area (Å²) in [6.45, 7) is 8.23. The molecule has 2 N–H and O–H groups in total. The lowest BCUT2D eigenvalue weighted by Crippen LogP contribution is -2.40. The van der Waals surface area contributed by atoms with Crippen molar-refractivity contribution < 1.29 is 4.79 Å². The molecule has 2 rings (SSSR count). The number of carbonyl (C=O) groups excluding carboxylic acids is 1. The highest BCUT2D eigenvalue weighted by Crippen LogP contribution is 2.28. The van der Waals surface area contributed by atoms with Gasteiger partial charge in [0.1, 0.15) is 0 Å². The Balaban J connectivity index is 1.67. The zero-order valence-electron chi connectivity index (χ0n) is 13.5. The smallest absolute Gasteiger partial charge is 0.251 e. The number of amides is 1. The Morgan fingerprint density at radius 2 is 1.67 bits per heavy atom. The van der Waals surface area contributed by atoms with Gasteiger partial charge in [0.15, 0.2) is 0 Å². The fraction of sp³-hybridized carbons (Fsp3) is 0.611. The second-order valence-electron chi connectivity index (χ2n) is 6.69. The minimum absolute atomic E-state index is 0.0159. The number of hydrogen-bond donors (Lipinski definition) is 2. The molecule has 1 amide bonds. The molecule has 1 fully saturated rings. The highest BCUT2D eigenvalue weighted by molar-refractivity contribution is 5.94. The Morgan fingerprint density at radius 1 is 1.05 bits per heavy atom. The van der Waals surface area contributed by atoms with E-state index in [2.05, 4.69) is 24.5 Å². The normalized spacial score (nSPS) is 25.6. The standard InChI is InChI=1S/C18H28N2O/c1-13-4-6-16(7-5-13)18(21)20-9-8-19-17-11-14(2)10-15(3)12-17/h4-7,14-15,17,19H,8-12H2,1-3H3,(H,20,21). The van der Waals surface area contributed by atoms with Crippen LogP contribution in [0.4, 0.5) is 0 Å². The van der Waals surface area contributed by atoms with Gasteiger partial charge >= 0.3 is 0 Å². The zero-order chi connectivity index (χ0) is 15.2.